The van der Waals surface area contributed by atoms with Gasteiger partial charge in [-0.1, -0.05) is 12.8 Å². The highest BCUT2D eigenvalue weighted by molar-refractivity contribution is 7.09. The molecule has 1 fully saturated rings. The standard InChI is InChI=1S/C13H17F3N2OS/c1-8-7-20-10(17-8)9(2)18-11(19)12(13(14,15)16)5-3-4-6-12/h7,9H,3-6H2,1-2H3,(H,18,19). The number of nitrogens with zero attached hydrogens (tertiary/aromatic N) is 1. The molecule has 1 aliphatic carbocycles. The van der Waals surface area contributed by atoms with E-state index < -0.39 is 23.5 Å². The maximum absolute atomic E-state index is 13.2. The molecule has 20 heavy (non-hydrogen) atoms. The largest absolute Gasteiger partial charge is 0.403 e. The molecule has 1 N–H and O–H groups in total. The van der Waals surface area contributed by atoms with E-state index in [0.717, 1.165) is 5.69 Å². The van der Waals surface area contributed by atoms with Crippen molar-refractivity contribution >= 4 is 17.2 Å². The monoisotopic (exact) mass is 306 g/mol. The summed E-state index contributed by atoms with van der Waals surface area (Å²) in [4.78, 5) is 16.3. The van der Waals surface area contributed by atoms with E-state index in [-0.39, 0.29) is 12.8 Å². The van der Waals surface area contributed by atoms with Crippen LogP contribution in [-0.2, 0) is 4.79 Å². The molecule has 7 heteroatoms. The fraction of sp³-hybridized carbons (Fsp3) is 0.692. The zero-order chi connectivity index (χ0) is 15.0. The molecule has 1 aliphatic rings. The topological polar surface area (TPSA) is 42.0 Å². The predicted molar refractivity (Wildman–Crippen MR) is 70.4 cm³/mol. The highest BCUT2D eigenvalue weighted by atomic mass is 32.1. The van der Waals surface area contributed by atoms with E-state index in [2.05, 4.69) is 10.3 Å². The third-order valence-electron chi connectivity index (χ3n) is 3.79. The summed E-state index contributed by atoms with van der Waals surface area (Å²) in [5, 5.41) is 4.93. The second-order valence-corrected chi connectivity index (χ2v) is 6.20. The number of thiazole rings is 1. The van der Waals surface area contributed by atoms with E-state index in [1.54, 1.807) is 6.92 Å². The number of hydrogen-bond acceptors (Lipinski definition) is 3. The molecule has 0 bridgehead atoms. The average Bonchev–Trinajstić information content (AvgIpc) is 2.96. The summed E-state index contributed by atoms with van der Waals surface area (Å²) in [6.45, 7) is 3.47. The molecule has 1 aromatic rings. The van der Waals surface area contributed by atoms with Crippen molar-refractivity contribution in [2.75, 3.05) is 0 Å². The Hall–Kier alpha value is -1.11. The summed E-state index contributed by atoms with van der Waals surface area (Å²) in [6.07, 6.45) is -3.85. The molecule has 0 spiro atoms. The van der Waals surface area contributed by atoms with Gasteiger partial charge in [-0.25, -0.2) is 4.98 Å². The Kier molecular flexibility index (Phi) is 4.09. The van der Waals surface area contributed by atoms with Gasteiger partial charge in [0.05, 0.1) is 6.04 Å². The first-order valence-corrected chi connectivity index (χ1v) is 7.44. The summed E-state index contributed by atoms with van der Waals surface area (Å²) in [7, 11) is 0. The highest BCUT2D eigenvalue weighted by Crippen LogP contribution is 2.50. The zero-order valence-corrected chi connectivity index (χ0v) is 12.2. The number of hydrogen-bond donors (Lipinski definition) is 1. The number of amides is 1. The number of carbonyl (C=O) groups is 1. The number of aromatic nitrogens is 1. The molecule has 1 saturated carbocycles. The molecular formula is C13H17F3N2OS. The average molecular weight is 306 g/mol. The fourth-order valence-corrected chi connectivity index (χ4v) is 3.39. The molecule has 1 amide bonds. The molecule has 1 atom stereocenters. The van der Waals surface area contributed by atoms with Gasteiger partial charge in [0, 0.05) is 11.1 Å². The molecule has 1 unspecified atom stereocenters. The smallest absolute Gasteiger partial charge is 0.346 e. The Morgan fingerprint density at radius 2 is 2.05 bits per heavy atom. The third-order valence-corrected chi connectivity index (χ3v) is 4.93. The fourth-order valence-electron chi connectivity index (χ4n) is 2.59. The second-order valence-electron chi connectivity index (χ2n) is 5.31. The molecule has 0 aliphatic heterocycles. The SMILES string of the molecule is Cc1csc(C(C)NC(=O)C2(C(F)(F)F)CCCC2)n1. The van der Waals surface area contributed by atoms with Gasteiger partial charge in [-0.3, -0.25) is 4.79 Å². The van der Waals surface area contributed by atoms with Crippen molar-refractivity contribution in [3.8, 4) is 0 Å². The van der Waals surface area contributed by atoms with Crippen LogP contribution in [0.5, 0.6) is 0 Å². The molecule has 0 saturated heterocycles. The van der Waals surface area contributed by atoms with Crippen LogP contribution in [0.3, 0.4) is 0 Å². The molecule has 1 heterocycles. The number of halogens is 3. The van der Waals surface area contributed by atoms with Gasteiger partial charge < -0.3 is 5.32 Å². The maximum Gasteiger partial charge on any atom is 0.403 e. The lowest BCUT2D eigenvalue weighted by Crippen LogP contribution is -2.49. The highest BCUT2D eigenvalue weighted by Gasteiger charge is 2.61. The summed E-state index contributed by atoms with van der Waals surface area (Å²) in [6, 6.07) is -0.499. The van der Waals surface area contributed by atoms with Crippen LogP contribution in [0.2, 0.25) is 0 Å². The summed E-state index contributed by atoms with van der Waals surface area (Å²) >= 11 is 1.34. The van der Waals surface area contributed by atoms with Gasteiger partial charge in [-0.2, -0.15) is 13.2 Å². The number of aryl methyl sites for hydroxylation is 1. The zero-order valence-electron chi connectivity index (χ0n) is 11.4. The van der Waals surface area contributed by atoms with Crippen molar-refractivity contribution in [3.63, 3.8) is 0 Å². The van der Waals surface area contributed by atoms with E-state index in [9.17, 15) is 18.0 Å². The van der Waals surface area contributed by atoms with E-state index in [4.69, 9.17) is 0 Å². The molecule has 3 nitrogen and oxygen atoms in total. The first-order chi connectivity index (χ1) is 9.26. The Morgan fingerprint density at radius 3 is 2.50 bits per heavy atom. The van der Waals surface area contributed by atoms with Gasteiger partial charge in [-0.05, 0) is 26.7 Å². The van der Waals surface area contributed by atoms with Crippen LogP contribution in [0.25, 0.3) is 0 Å². The van der Waals surface area contributed by atoms with Crippen molar-refractivity contribution in [2.24, 2.45) is 5.41 Å². The van der Waals surface area contributed by atoms with Crippen molar-refractivity contribution in [3.05, 3.63) is 16.1 Å². The lowest BCUT2D eigenvalue weighted by atomic mass is 9.84. The molecule has 2 rings (SSSR count). The van der Waals surface area contributed by atoms with E-state index in [1.165, 1.54) is 11.3 Å². The van der Waals surface area contributed by atoms with Crippen LogP contribution >= 0.6 is 11.3 Å². The molecule has 1 aromatic heterocycles. The Balaban J connectivity index is 2.14. The van der Waals surface area contributed by atoms with Gasteiger partial charge in [0.15, 0.2) is 0 Å². The number of rotatable bonds is 3. The van der Waals surface area contributed by atoms with Crippen LogP contribution in [-0.4, -0.2) is 17.1 Å². The molecule has 0 aromatic carbocycles. The summed E-state index contributed by atoms with van der Waals surface area (Å²) in [5.41, 5.74) is -1.41. The normalized spacial score (nSPS) is 19.9. The van der Waals surface area contributed by atoms with E-state index >= 15 is 0 Å². The molecule has 112 valence electrons. The minimum atomic E-state index is -4.49. The van der Waals surface area contributed by atoms with Gasteiger partial charge in [0.2, 0.25) is 5.91 Å². The number of alkyl halides is 3. The number of nitrogens with one attached hydrogen (secondary N) is 1. The second kappa shape index (κ2) is 5.35. The quantitative estimate of drug-likeness (QED) is 0.924. The van der Waals surface area contributed by atoms with Gasteiger partial charge in [-0.15, -0.1) is 11.3 Å². The lowest BCUT2D eigenvalue weighted by molar-refractivity contribution is -0.220. The lowest BCUT2D eigenvalue weighted by Gasteiger charge is -2.31. The van der Waals surface area contributed by atoms with Gasteiger partial charge >= 0.3 is 6.18 Å². The van der Waals surface area contributed by atoms with Gasteiger partial charge in [0.1, 0.15) is 10.4 Å². The van der Waals surface area contributed by atoms with Crippen LogP contribution in [0.15, 0.2) is 5.38 Å². The van der Waals surface area contributed by atoms with E-state index in [1.807, 2.05) is 12.3 Å². The summed E-state index contributed by atoms with van der Waals surface area (Å²) in [5.74, 6) is -0.914. The van der Waals surface area contributed by atoms with Crippen molar-refractivity contribution in [1.29, 1.82) is 0 Å². The Labute approximate surface area is 119 Å². The first-order valence-electron chi connectivity index (χ1n) is 6.56. The Morgan fingerprint density at radius 1 is 1.45 bits per heavy atom. The minimum absolute atomic E-state index is 0.119. The van der Waals surface area contributed by atoms with Crippen LogP contribution in [0.4, 0.5) is 13.2 Å². The summed E-state index contributed by atoms with van der Waals surface area (Å²) < 4.78 is 39.7. The number of carbonyl (C=O) groups excluding carboxylic acids is 1. The maximum atomic E-state index is 13.2. The first kappa shape index (κ1) is 15.3. The Bertz CT molecular complexity index is 492. The van der Waals surface area contributed by atoms with Crippen LogP contribution in [0.1, 0.15) is 49.4 Å². The van der Waals surface area contributed by atoms with Gasteiger partial charge in [0.25, 0.3) is 0 Å². The van der Waals surface area contributed by atoms with Crippen LogP contribution < -0.4 is 5.32 Å². The molecular weight excluding hydrogens is 289 g/mol. The predicted octanol–water partition coefficient (Wildman–Crippen LogP) is 3.75. The van der Waals surface area contributed by atoms with Crippen molar-refractivity contribution in [1.82, 2.24) is 10.3 Å². The minimum Gasteiger partial charge on any atom is -0.346 e. The van der Waals surface area contributed by atoms with Crippen molar-refractivity contribution in [2.45, 2.75) is 51.7 Å². The van der Waals surface area contributed by atoms with Crippen molar-refractivity contribution < 1.29 is 18.0 Å². The third kappa shape index (κ3) is 2.68. The van der Waals surface area contributed by atoms with E-state index in [0.29, 0.717) is 17.8 Å². The molecule has 0 radical (unpaired) electrons. The van der Waals surface area contributed by atoms with Crippen LogP contribution in [0, 0.1) is 12.3 Å².